The zero-order chi connectivity index (χ0) is 13.3. The van der Waals surface area contributed by atoms with Gasteiger partial charge in [0.1, 0.15) is 5.60 Å². The first-order chi connectivity index (χ1) is 8.52. The van der Waals surface area contributed by atoms with Crippen LogP contribution in [0.3, 0.4) is 0 Å². The summed E-state index contributed by atoms with van der Waals surface area (Å²) < 4.78 is 44.7. The number of ether oxygens (including phenoxy) is 1. The number of Topliss-reactive ketones (excluding diaryl/α,β-unsaturated/α-hetero) is 1. The molecule has 1 saturated carbocycles. The maximum absolute atomic E-state index is 13.6. The Bertz CT molecular complexity index is 479. The van der Waals surface area contributed by atoms with Crippen molar-refractivity contribution in [3.05, 3.63) is 35.1 Å². The largest absolute Gasteiger partial charge is 0.370 e. The van der Waals surface area contributed by atoms with Crippen LogP contribution in [-0.4, -0.2) is 18.5 Å². The minimum Gasteiger partial charge on any atom is -0.370 e. The molecule has 1 aromatic rings. The van der Waals surface area contributed by atoms with Crippen LogP contribution in [0.1, 0.15) is 36.0 Å². The fourth-order valence-corrected chi connectivity index (χ4v) is 2.42. The van der Waals surface area contributed by atoms with Gasteiger partial charge in [0.15, 0.2) is 23.2 Å². The Morgan fingerprint density at radius 2 is 1.78 bits per heavy atom. The Morgan fingerprint density at radius 1 is 1.17 bits per heavy atom. The van der Waals surface area contributed by atoms with Crippen molar-refractivity contribution in [2.75, 3.05) is 7.11 Å². The molecule has 1 fully saturated rings. The summed E-state index contributed by atoms with van der Waals surface area (Å²) in [6.07, 6.45) is 2.54. The average Bonchev–Trinajstić information content (AvgIpc) is 2.85. The smallest absolute Gasteiger partial charge is 0.197 e. The number of hydrogen-bond acceptors (Lipinski definition) is 2. The zero-order valence-electron chi connectivity index (χ0n) is 9.93. The predicted molar refractivity (Wildman–Crippen MR) is 58.9 cm³/mol. The Balaban J connectivity index is 2.43. The Hall–Kier alpha value is -1.36. The van der Waals surface area contributed by atoms with Gasteiger partial charge in [-0.1, -0.05) is 0 Å². The molecule has 0 aliphatic heterocycles. The molecule has 2 rings (SSSR count). The molecular formula is C13H13F3O2. The van der Waals surface area contributed by atoms with Crippen molar-refractivity contribution in [2.45, 2.75) is 31.3 Å². The van der Waals surface area contributed by atoms with Crippen molar-refractivity contribution in [3.63, 3.8) is 0 Å². The van der Waals surface area contributed by atoms with Gasteiger partial charge >= 0.3 is 0 Å². The monoisotopic (exact) mass is 258 g/mol. The fourth-order valence-electron chi connectivity index (χ4n) is 2.42. The lowest BCUT2D eigenvalue weighted by Gasteiger charge is -2.25. The summed E-state index contributed by atoms with van der Waals surface area (Å²) in [4.78, 5) is 12.2. The summed E-state index contributed by atoms with van der Waals surface area (Å²) in [7, 11) is 1.38. The Labute approximate surface area is 103 Å². The van der Waals surface area contributed by atoms with Gasteiger partial charge in [-0.05, 0) is 37.8 Å². The fraction of sp³-hybridized carbons (Fsp3) is 0.462. The molecule has 0 N–H and O–H groups in total. The molecule has 0 unspecified atom stereocenters. The second-order valence-electron chi connectivity index (χ2n) is 4.46. The lowest BCUT2D eigenvalue weighted by atomic mass is 9.90. The third kappa shape index (κ3) is 1.92. The van der Waals surface area contributed by atoms with Gasteiger partial charge in [0, 0.05) is 7.11 Å². The van der Waals surface area contributed by atoms with Gasteiger partial charge in [-0.15, -0.1) is 0 Å². The van der Waals surface area contributed by atoms with E-state index in [-0.39, 0.29) is 0 Å². The second-order valence-corrected chi connectivity index (χ2v) is 4.46. The van der Waals surface area contributed by atoms with Gasteiger partial charge in [0.2, 0.25) is 0 Å². The Morgan fingerprint density at radius 3 is 2.33 bits per heavy atom. The summed E-state index contributed by atoms with van der Waals surface area (Å²) >= 11 is 0. The van der Waals surface area contributed by atoms with Gasteiger partial charge in [-0.2, -0.15) is 0 Å². The molecule has 2 nitrogen and oxygen atoms in total. The third-order valence-corrected chi connectivity index (χ3v) is 3.50. The van der Waals surface area contributed by atoms with E-state index in [1.165, 1.54) is 7.11 Å². The van der Waals surface area contributed by atoms with Crippen LogP contribution in [0.15, 0.2) is 12.1 Å². The van der Waals surface area contributed by atoms with Crippen molar-refractivity contribution in [1.29, 1.82) is 0 Å². The second kappa shape index (κ2) is 4.72. The van der Waals surface area contributed by atoms with E-state index < -0.39 is 34.4 Å². The maximum atomic E-state index is 13.6. The number of benzene rings is 1. The number of methoxy groups -OCH3 is 1. The van der Waals surface area contributed by atoms with E-state index in [4.69, 9.17) is 4.74 Å². The molecule has 18 heavy (non-hydrogen) atoms. The van der Waals surface area contributed by atoms with Crippen LogP contribution in [-0.2, 0) is 4.74 Å². The van der Waals surface area contributed by atoms with Gasteiger partial charge < -0.3 is 4.74 Å². The highest BCUT2D eigenvalue weighted by atomic mass is 19.2. The van der Waals surface area contributed by atoms with Crippen LogP contribution in [0.4, 0.5) is 13.2 Å². The van der Waals surface area contributed by atoms with Crippen molar-refractivity contribution in [2.24, 2.45) is 0 Å². The molecule has 0 spiro atoms. The van der Waals surface area contributed by atoms with E-state index in [2.05, 4.69) is 0 Å². The van der Waals surface area contributed by atoms with Crippen molar-refractivity contribution < 1.29 is 22.7 Å². The molecule has 0 radical (unpaired) electrons. The van der Waals surface area contributed by atoms with Crippen LogP contribution in [0.2, 0.25) is 0 Å². The van der Waals surface area contributed by atoms with Crippen LogP contribution < -0.4 is 0 Å². The van der Waals surface area contributed by atoms with Gasteiger partial charge in [-0.3, -0.25) is 4.79 Å². The molecule has 1 aromatic carbocycles. The minimum atomic E-state index is -1.62. The molecule has 98 valence electrons. The predicted octanol–water partition coefficient (Wildman–Crippen LogP) is 3.25. The number of carbonyl (C=O) groups excluding carboxylic acids is 1. The standard InChI is InChI=1S/C13H13F3O2/c1-18-13(6-2-3-7-13)12(17)8-4-5-9(14)11(16)10(8)15/h4-5H,2-3,6-7H2,1H3. The molecule has 0 bridgehead atoms. The van der Waals surface area contributed by atoms with Gasteiger partial charge in [0.25, 0.3) is 0 Å². The lowest BCUT2D eigenvalue weighted by molar-refractivity contribution is 0.00561. The number of hydrogen-bond donors (Lipinski definition) is 0. The molecule has 0 amide bonds. The van der Waals surface area contributed by atoms with Crippen molar-refractivity contribution in [3.8, 4) is 0 Å². The first-order valence-corrected chi connectivity index (χ1v) is 5.75. The lowest BCUT2D eigenvalue weighted by Crippen LogP contribution is -2.38. The number of rotatable bonds is 3. The quantitative estimate of drug-likeness (QED) is 0.614. The minimum absolute atomic E-state index is 0.447. The highest BCUT2D eigenvalue weighted by molar-refractivity contribution is 6.03. The number of carbonyl (C=O) groups is 1. The molecule has 0 aromatic heterocycles. The molecular weight excluding hydrogens is 245 g/mol. The summed E-state index contributed by atoms with van der Waals surface area (Å²) in [5, 5.41) is 0. The SMILES string of the molecule is COC1(C(=O)c2ccc(F)c(F)c2F)CCCC1. The van der Waals surface area contributed by atoms with E-state index >= 15 is 0 Å². The van der Waals surface area contributed by atoms with E-state index in [0.717, 1.165) is 25.0 Å². The van der Waals surface area contributed by atoms with Crippen LogP contribution >= 0.6 is 0 Å². The van der Waals surface area contributed by atoms with E-state index in [1.54, 1.807) is 0 Å². The van der Waals surface area contributed by atoms with Crippen LogP contribution in [0.25, 0.3) is 0 Å². The Kier molecular flexibility index (Phi) is 3.43. The van der Waals surface area contributed by atoms with E-state index in [0.29, 0.717) is 12.8 Å². The number of halogens is 3. The highest BCUT2D eigenvalue weighted by Crippen LogP contribution is 2.36. The first-order valence-electron chi connectivity index (χ1n) is 5.75. The summed E-state index contributed by atoms with van der Waals surface area (Å²) in [5.74, 6) is -4.98. The molecule has 0 atom stereocenters. The zero-order valence-corrected chi connectivity index (χ0v) is 9.93. The summed E-state index contributed by atoms with van der Waals surface area (Å²) in [6, 6.07) is 1.72. The summed E-state index contributed by atoms with van der Waals surface area (Å²) in [5.41, 5.74) is -1.54. The van der Waals surface area contributed by atoms with Crippen LogP contribution in [0.5, 0.6) is 0 Å². The maximum Gasteiger partial charge on any atom is 0.197 e. The van der Waals surface area contributed by atoms with Crippen LogP contribution in [0, 0.1) is 17.5 Å². The average molecular weight is 258 g/mol. The molecule has 5 heteroatoms. The normalized spacial score (nSPS) is 18.0. The molecule has 1 aliphatic rings. The topological polar surface area (TPSA) is 26.3 Å². The van der Waals surface area contributed by atoms with Crippen molar-refractivity contribution >= 4 is 5.78 Å². The third-order valence-electron chi connectivity index (χ3n) is 3.50. The van der Waals surface area contributed by atoms with Gasteiger partial charge in [-0.25, -0.2) is 13.2 Å². The highest BCUT2D eigenvalue weighted by Gasteiger charge is 2.43. The molecule has 0 saturated heterocycles. The summed E-state index contributed by atoms with van der Waals surface area (Å²) in [6.45, 7) is 0. The molecule has 1 aliphatic carbocycles. The van der Waals surface area contributed by atoms with E-state index in [9.17, 15) is 18.0 Å². The molecule has 0 heterocycles. The van der Waals surface area contributed by atoms with Gasteiger partial charge in [0.05, 0.1) is 5.56 Å². The van der Waals surface area contributed by atoms with E-state index in [1.807, 2.05) is 0 Å². The number of ketones is 1. The first kappa shape index (κ1) is 13.1. The van der Waals surface area contributed by atoms with Crippen molar-refractivity contribution in [1.82, 2.24) is 0 Å².